The zero-order valence-corrected chi connectivity index (χ0v) is 14.1. The van der Waals surface area contributed by atoms with E-state index in [4.69, 9.17) is 4.74 Å². The molecule has 1 amide bonds. The van der Waals surface area contributed by atoms with Crippen LogP contribution in [0.4, 0.5) is 0 Å². The summed E-state index contributed by atoms with van der Waals surface area (Å²) in [5.74, 6) is 0.130. The van der Waals surface area contributed by atoms with E-state index in [2.05, 4.69) is 9.71 Å². The average Bonchev–Trinajstić information content (AvgIpc) is 3.02. The Kier molecular flexibility index (Phi) is 4.53. The Balaban J connectivity index is 1.85. The molecule has 3 rings (SSSR count). The molecule has 1 aromatic carbocycles. The third-order valence-electron chi connectivity index (χ3n) is 3.74. The number of ether oxygens (including phenoxy) is 1. The molecule has 0 spiro atoms. The Bertz CT molecular complexity index is 878. The van der Waals surface area contributed by atoms with Crippen molar-refractivity contribution in [2.45, 2.75) is 19.8 Å². The molecule has 0 aliphatic carbocycles. The van der Waals surface area contributed by atoms with Crippen LogP contribution < -0.4 is 9.46 Å². The molecule has 1 aliphatic heterocycles. The maximum absolute atomic E-state index is 12.2. The van der Waals surface area contributed by atoms with Crippen molar-refractivity contribution in [2.24, 2.45) is 0 Å². The van der Waals surface area contributed by atoms with Crippen LogP contribution in [-0.2, 0) is 16.4 Å². The number of hydrogen-bond acceptors (Lipinski definition) is 5. The normalized spacial score (nSPS) is 13.2. The van der Waals surface area contributed by atoms with Crippen LogP contribution >= 0.6 is 0 Å². The molecule has 0 bridgehead atoms. The van der Waals surface area contributed by atoms with E-state index in [0.29, 0.717) is 13.0 Å². The second kappa shape index (κ2) is 6.60. The van der Waals surface area contributed by atoms with Crippen molar-refractivity contribution in [1.82, 2.24) is 9.71 Å². The first-order valence-corrected chi connectivity index (χ1v) is 9.40. The van der Waals surface area contributed by atoms with Gasteiger partial charge in [-0.2, -0.15) is 0 Å². The van der Waals surface area contributed by atoms with Crippen molar-refractivity contribution in [1.29, 1.82) is 0 Å². The third kappa shape index (κ3) is 3.56. The maximum atomic E-state index is 12.2. The Morgan fingerprint density at radius 3 is 2.88 bits per heavy atom. The first-order chi connectivity index (χ1) is 11.5. The molecular formula is C17H18N2O4S. The van der Waals surface area contributed by atoms with Crippen LogP contribution in [-0.4, -0.2) is 31.7 Å². The van der Waals surface area contributed by atoms with E-state index in [1.807, 2.05) is 18.2 Å². The second-order valence-electron chi connectivity index (χ2n) is 5.63. The second-order valence-corrected chi connectivity index (χ2v) is 7.48. The highest BCUT2D eigenvalue weighted by Crippen LogP contribution is 2.30. The number of carbonyl (C=O) groups is 1. The van der Waals surface area contributed by atoms with Crippen molar-refractivity contribution < 1.29 is 17.9 Å². The highest BCUT2D eigenvalue weighted by atomic mass is 32.2. The molecule has 0 radical (unpaired) electrons. The van der Waals surface area contributed by atoms with Gasteiger partial charge in [-0.3, -0.25) is 9.78 Å². The molecule has 1 aliphatic rings. The molecular weight excluding hydrogens is 328 g/mol. The van der Waals surface area contributed by atoms with E-state index in [0.717, 1.165) is 28.9 Å². The molecule has 2 heterocycles. The number of benzene rings is 1. The molecule has 126 valence electrons. The van der Waals surface area contributed by atoms with E-state index in [-0.39, 0.29) is 11.3 Å². The van der Waals surface area contributed by atoms with Gasteiger partial charge in [0.1, 0.15) is 5.75 Å². The lowest BCUT2D eigenvalue weighted by Crippen LogP contribution is -2.32. The number of nitrogens with one attached hydrogen (secondary N) is 1. The van der Waals surface area contributed by atoms with Crippen molar-refractivity contribution in [3.63, 3.8) is 0 Å². The Morgan fingerprint density at radius 2 is 2.08 bits per heavy atom. The van der Waals surface area contributed by atoms with Crippen LogP contribution in [0.5, 0.6) is 5.75 Å². The van der Waals surface area contributed by atoms with Gasteiger partial charge in [-0.1, -0.05) is 13.0 Å². The molecule has 24 heavy (non-hydrogen) atoms. The summed E-state index contributed by atoms with van der Waals surface area (Å²) in [6.45, 7) is 2.41. The van der Waals surface area contributed by atoms with E-state index >= 15 is 0 Å². The third-order valence-corrected chi connectivity index (χ3v) is 5.19. The summed E-state index contributed by atoms with van der Waals surface area (Å²) in [5.41, 5.74) is 3.00. The van der Waals surface area contributed by atoms with Crippen LogP contribution in [0.1, 0.15) is 29.3 Å². The highest BCUT2D eigenvalue weighted by Gasteiger charge is 2.17. The van der Waals surface area contributed by atoms with Crippen LogP contribution in [0.25, 0.3) is 11.1 Å². The fourth-order valence-corrected chi connectivity index (χ4v) is 3.65. The summed E-state index contributed by atoms with van der Waals surface area (Å²) in [4.78, 5) is 16.2. The van der Waals surface area contributed by atoms with E-state index in [9.17, 15) is 13.2 Å². The number of rotatable bonds is 5. The zero-order chi connectivity index (χ0) is 17.2. The predicted octanol–water partition coefficient (Wildman–Crippen LogP) is 2.15. The first-order valence-electron chi connectivity index (χ1n) is 7.74. The van der Waals surface area contributed by atoms with Gasteiger partial charge in [0.25, 0.3) is 5.91 Å². The number of sulfonamides is 1. The monoisotopic (exact) mass is 346 g/mol. The maximum Gasteiger partial charge on any atom is 0.266 e. The van der Waals surface area contributed by atoms with Gasteiger partial charge in [0, 0.05) is 24.4 Å². The number of carbonyl (C=O) groups excluding carboxylic acids is 1. The summed E-state index contributed by atoms with van der Waals surface area (Å²) in [5, 5.41) is 0. The van der Waals surface area contributed by atoms with Gasteiger partial charge in [-0.05, 0) is 35.7 Å². The zero-order valence-electron chi connectivity index (χ0n) is 13.3. The van der Waals surface area contributed by atoms with Crippen LogP contribution in [0.15, 0.2) is 36.7 Å². The number of aromatic nitrogens is 1. The number of fused-ring (bicyclic) bond motifs is 1. The minimum absolute atomic E-state index is 0.0866. The number of amides is 1. The van der Waals surface area contributed by atoms with Gasteiger partial charge < -0.3 is 4.74 Å². The molecule has 0 fully saturated rings. The largest absolute Gasteiger partial charge is 0.493 e. The molecule has 0 unspecified atom stereocenters. The summed E-state index contributed by atoms with van der Waals surface area (Å²) in [7, 11) is -3.61. The molecule has 0 saturated heterocycles. The van der Waals surface area contributed by atoms with Crippen molar-refractivity contribution >= 4 is 15.9 Å². The average molecular weight is 346 g/mol. The van der Waals surface area contributed by atoms with E-state index in [1.165, 1.54) is 6.20 Å². The summed E-state index contributed by atoms with van der Waals surface area (Å²) < 4.78 is 31.0. The molecule has 0 atom stereocenters. The summed E-state index contributed by atoms with van der Waals surface area (Å²) in [6.07, 6.45) is 4.30. The molecule has 7 heteroatoms. The van der Waals surface area contributed by atoms with Gasteiger partial charge in [0.15, 0.2) is 0 Å². The lowest BCUT2D eigenvalue weighted by Gasteiger charge is -2.08. The minimum Gasteiger partial charge on any atom is -0.493 e. The van der Waals surface area contributed by atoms with Crippen molar-refractivity contribution in [2.75, 3.05) is 12.4 Å². The van der Waals surface area contributed by atoms with Gasteiger partial charge in [0.2, 0.25) is 10.0 Å². The molecule has 2 aromatic rings. The standard InChI is InChI=1S/C17H18N2O4S/c1-2-7-24(21,22)19-17(20)15-9-14(10-18-11-15)12-3-4-16-13(8-12)5-6-23-16/h3-4,8-11H,2,5-7H2,1H3,(H,19,20). The van der Waals surface area contributed by atoms with Gasteiger partial charge >= 0.3 is 0 Å². The Morgan fingerprint density at radius 1 is 1.25 bits per heavy atom. The molecule has 1 aromatic heterocycles. The van der Waals surface area contributed by atoms with E-state index < -0.39 is 15.9 Å². The van der Waals surface area contributed by atoms with Gasteiger partial charge in [-0.15, -0.1) is 0 Å². The number of nitrogens with zero attached hydrogens (tertiary/aromatic N) is 1. The van der Waals surface area contributed by atoms with Crippen LogP contribution in [0.3, 0.4) is 0 Å². The van der Waals surface area contributed by atoms with Crippen molar-refractivity contribution in [3.05, 3.63) is 47.8 Å². The summed E-state index contributed by atoms with van der Waals surface area (Å²) in [6, 6.07) is 7.45. The van der Waals surface area contributed by atoms with Gasteiger partial charge in [0.05, 0.1) is 17.9 Å². The minimum atomic E-state index is -3.61. The SMILES string of the molecule is CCCS(=O)(=O)NC(=O)c1cncc(-c2ccc3c(c2)CCO3)c1. The quantitative estimate of drug-likeness (QED) is 0.897. The summed E-state index contributed by atoms with van der Waals surface area (Å²) >= 11 is 0. The molecule has 1 N–H and O–H groups in total. The van der Waals surface area contributed by atoms with Crippen LogP contribution in [0.2, 0.25) is 0 Å². The van der Waals surface area contributed by atoms with Gasteiger partial charge in [-0.25, -0.2) is 13.1 Å². The predicted molar refractivity (Wildman–Crippen MR) is 90.4 cm³/mol. The van der Waals surface area contributed by atoms with Crippen LogP contribution in [0, 0.1) is 0 Å². The fourth-order valence-electron chi connectivity index (χ4n) is 2.61. The first kappa shape index (κ1) is 16.4. The Hall–Kier alpha value is -2.41. The number of pyridine rings is 1. The number of hydrogen-bond donors (Lipinski definition) is 1. The van der Waals surface area contributed by atoms with E-state index in [1.54, 1.807) is 19.2 Å². The smallest absolute Gasteiger partial charge is 0.266 e. The lowest BCUT2D eigenvalue weighted by atomic mass is 10.0. The fraction of sp³-hybridized carbons (Fsp3) is 0.294. The Labute approximate surface area is 140 Å². The molecule has 6 nitrogen and oxygen atoms in total. The lowest BCUT2D eigenvalue weighted by molar-refractivity contribution is 0.0981. The highest BCUT2D eigenvalue weighted by molar-refractivity contribution is 7.90. The molecule has 0 saturated carbocycles. The van der Waals surface area contributed by atoms with Crippen molar-refractivity contribution in [3.8, 4) is 16.9 Å². The topological polar surface area (TPSA) is 85.4 Å².